The minimum absolute atomic E-state index is 0.143. The highest BCUT2D eigenvalue weighted by Crippen LogP contribution is 2.31. The summed E-state index contributed by atoms with van der Waals surface area (Å²) in [6, 6.07) is 7.48. The van der Waals surface area contributed by atoms with Crippen LogP contribution in [0, 0.1) is 21.7 Å². The number of nitro benzene ring substituents is 1. The van der Waals surface area contributed by atoms with Gasteiger partial charge in [-0.05, 0) is 12.1 Å². The molecule has 3 aromatic rings. The van der Waals surface area contributed by atoms with Crippen LogP contribution in [0.3, 0.4) is 0 Å². The summed E-state index contributed by atoms with van der Waals surface area (Å²) < 4.78 is 34.3. The molecule has 0 unspecified atom stereocenters. The Labute approximate surface area is 127 Å². The molecule has 0 fully saturated rings. The van der Waals surface area contributed by atoms with Gasteiger partial charge in [0.25, 0.3) is 5.69 Å². The summed E-state index contributed by atoms with van der Waals surface area (Å²) in [5.74, 6) is -2.90. The van der Waals surface area contributed by atoms with Gasteiger partial charge in [-0.15, -0.1) is 5.10 Å². The Kier molecular flexibility index (Phi) is 3.67. The normalized spacial score (nSPS) is 10.5. The molecule has 9 heteroatoms. The standard InChI is InChI=1S/C14H8F2N4O3/c15-12-7-10(20(21)22)8-13(16)14(12)23-11-3-1-2-9(6-11)19-5-4-17-18-19/h1-8H. The highest BCUT2D eigenvalue weighted by molar-refractivity contribution is 5.44. The average Bonchev–Trinajstić information content (AvgIpc) is 3.05. The van der Waals surface area contributed by atoms with Gasteiger partial charge in [0.05, 0.1) is 35.1 Å². The lowest BCUT2D eigenvalue weighted by atomic mass is 10.2. The first-order valence-electron chi connectivity index (χ1n) is 6.32. The van der Waals surface area contributed by atoms with Crippen LogP contribution in [0.5, 0.6) is 11.5 Å². The van der Waals surface area contributed by atoms with Crippen LogP contribution in [0.15, 0.2) is 48.8 Å². The molecule has 0 bridgehead atoms. The predicted octanol–water partition coefficient (Wildman–Crippen LogP) is 3.25. The van der Waals surface area contributed by atoms with Crippen molar-refractivity contribution in [3.8, 4) is 17.2 Å². The summed E-state index contributed by atoms with van der Waals surface area (Å²) in [5.41, 5.74) is -0.119. The molecule has 7 nitrogen and oxygen atoms in total. The van der Waals surface area contributed by atoms with E-state index < -0.39 is 28.0 Å². The SMILES string of the molecule is O=[N+]([O-])c1cc(F)c(Oc2cccc(-n3ccnn3)c2)c(F)c1. The first kappa shape index (κ1) is 14.6. The third-order valence-corrected chi connectivity index (χ3v) is 2.92. The lowest BCUT2D eigenvalue weighted by Gasteiger charge is -2.09. The lowest BCUT2D eigenvalue weighted by molar-refractivity contribution is -0.385. The molecule has 0 saturated carbocycles. The van der Waals surface area contributed by atoms with E-state index in [1.54, 1.807) is 18.3 Å². The first-order valence-corrected chi connectivity index (χ1v) is 6.32. The summed E-state index contributed by atoms with van der Waals surface area (Å²) in [4.78, 5) is 9.68. The molecule has 0 aliphatic heterocycles. The van der Waals surface area contributed by atoms with E-state index in [4.69, 9.17) is 4.74 Å². The van der Waals surface area contributed by atoms with E-state index in [1.165, 1.54) is 23.0 Å². The minimum Gasteiger partial charge on any atom is -0.451 e. The van der Waals surface area contributed by atoms with E-state index in [1.807, 2.05) is 0 Å². The van der Waals surface area contributed by atoms with Crippen molar-refractivity contribution in [1.82, 2.24) is 15.0 Å². The van der Waals surface area contributed by atoms with Gasteiger partial charge in [0, 0.05) is 6.07 Å². The van der Waals surface area contributed by atoms with Gasteiger partial charge in [0.15, 0.2) is 17.4 Å². The molecule has 1 aromatic heterocycles. The van der Waals surface area contributed by atoms with E-state index in [2.05, 4.69) is 10.3 Å². The number of nitro groups is 1. The van der Waals surface area contributed by atoms with E-state index in [0.717, 1.165) is 0 Å². The molecule has 23 heavy (non-hydrogen) atoms. The molecule has 0 radical (unpaired) electrons. The second kappa shape index (κ2) is 5.79. The van der Waals surface area contributed by atoms with Crippen LogP contribution < -0.4 is 4.74 Å². The lowest BCUT2D eigenvalue weighted by Crippen LogP contribution is -1.98. The fourth-order valence-corrected chi connectivity index (χ4v) is 1.90. The molecule has 0 amide bonds. The van der Waals surface area contributed by atoms with Crippen LogP contribution in [-0.4, -0.2) is 19.9 Å². The third kappa shape index (κ3) is 2.98. The number of rotatable bonds is 4. The summed E-state index contributed by atoms with van der Waals surface area (Å²) in [6.07, 6.45) is 3.06. The largest absolute Gasteiger partial charge is 0.451 e. The molecule has 0 atom stereocenters. The van der Waals surface area contributed by atoms with Crippen LogP contribution in [0.25, 0.3) is 5.69 Å². The van der Waals surface area contributed by atoms with Gasteiger partial charge in [-0.25, -0.2) is 13.5 Å². The van der Waals surface area contributed by atoms with Gasteiger partial charge in [0.2, 0.25) is 0 Å². The van der Waals surface area contributed by atoms with Crippen molar-refractivity contribution in [3.05, 3.63) is 70.5 Å². The molecule has 116 valence electrons. The Balaban J connectivity index is 1.94. The molecule has 0 aliphatic carbocycles. The quantitative estimate of drug-likeness (QED) is 0.544. The maximum Gasteiger partial charge on any atom is 0.275 e. The highest BCUT2D eigenvalue weighted by atomic mass is 19.1. The van der Waals surface area contributed by atoms with Gasteiger partial charge in [-0.3, -0.25) is 10.1 Å². The van der Waals surface area contributed by atoms with Crippen molar-refractivity contribution in [2.75, 3.05) is 0 Å². The molecule has 0 spiro atoms. The topological polar surface area (TPSA) is 83.1 Å². The summed E-state index contributed by atoms with van der Waals surface area (Å²) in [7, 11) is 0. The first-order chi connectivity index (χ1) is 11.0. The van der Waals surface area contributed by atoms with Gasteiger partial charge >= 0.3 is 0 Å². The minimum atomic E-state index is -1.16. The monoisotopic (exact) mass is 318 g/mol. The Morgan fingerprint density at radius 3 is 2.52 bits per heavy atom. The molecule has 0 N–H and O–H groups in total. The second-order valence-electron chi connectivity index (χ2n) is 4.44. The summed E-state index contributed by atoms with van der Waals surface area (Å²) in [5, 5.41) is 18.0. The Bertz CT molecular complexity index is 845. The van der Waals surface area contributed by atoms with E-state index in [-0.39, 0.29) is 5.75 Å². The zero-order valence-corrected chi connectivity index (χ0v) is 11.4. The van der Waals surface area contributed by atoms with Crippen LogP contribution in [0.4, 0.5) is 14.5 Å². The fourth-order valence-electron chi connectivity index (χ4n) is 1.90. The zero-order chi connectivity index (χ0) is 16.4. The molecule has 1 heterocycles. The van der Waals surface area contributed by atoms with Crippen LogP contribution in [0.1, 0.15) is 0 Å². The third-order valence-electron chi connectivity index (χ3n) is 2.92. The van der Waals surface area contributed by atoms with E-state index >= 15 is 0 Å². The van der Waals surface area contributed by atoms with Crippen LogP contribution >= 0.6 is 0 Å². The molecule has 0 aliphatic rings. The van der Waals surface area contributed by atoms with Gasteiger partial charge in [-0.2, -0.15) is 0 Å². The van der Waals surface area contributed by atoms with Crippen molar-refractivity contribution < 1.29 is 18.4 Å². The van der Waals surface area contributed by atoms with Gasteiger partial charge in [-0.1, -0.05) is 11.3 Å². The Morgan fingerprint density at radius 2 is 1.91 bits per heavy atom. The number of hydrogen-bond acceptors (Lipinski definition) is 5. The second-order valence-corrected chi connectivity index (χ2v) is 4.44. The smallest absolute Gasteiger partial charge is 0.275 e. The average molecular weight is 318 g/mol. The highest BCUT2D eigenvalue weighted by Gasteiger charge is 2.19. The molecule has 3 rings (SSSR count). The molecule has 2 aromatic carbocycles. The van der Waals surface area contributed by atoms with Crippen LogP contribution in [0.2, 0.25) is 0 Å². The van der Waals surface area contributed by atoms with Crippen molar-refractivity contribution in [2.45, 2.75) is 0 Å². The maximum atomic E-state index is 13.8. The van der Waals surface area contributed by atoms with Crippen LogP contribution in [-0.2, 0) is 0 Å². The van der Waals surface area contributed by atoms with Crippen molar-refractivity contribution in [1.29, 1.82) is 0 Å². The summed E-state index contributed by atoms with van der Waals surface area (Å²) in [6.45, 7) is 0. The van der Waals surface area contributed by atoms with Crippen molar-refractivity contribution in [2.24, 2.45) is 0 Å². The number of aromatic nitrogens is 3. The number of hydrogen-bond donors (Lipinski definition) is 0. The number of halogens is 2. The van der Waals surface area contributed by atoms with Crippen molar-refractivity contribution in [3.63, 3.8) is 0 Å². The molecule has 0 saturated heterocycles. The number of ether oxygens (including phenoxy) is 1. The number of nitrogens with zero attached hydrogens (tertiary/aromatic N) is 4. The summed E-state index contributed by atoms with van der Waals surface area (Å²) >= 11 is 0. The van der Waals surface area contributed by atoms with E-state index in [9.17, 15) is 18.9 Å². The van der Waals surface area contributed by atoms with Gasteiger partial charge < -0.3 is 4.74 Å². The number of non-ortho nitro benzene ring substituents is 1. The van der Waals surface area contributed by atoms with Gasteiger partial charge in [0.1, 0.15) is 5.75 Å². The van der Waals surface area contributed by atoms with E-state index in [0.29, 0.717) is 17.8 Å². The maximum absolute atomic E-state index is 13.8. The fraction of sp³-hybridized carbons (Fsp3) is 0. The molecular weight excluding hydrogens is 310 g/mol. The number of benzene rings is 2. The predicted molar refractivity (Wildman–Crippen MR) is 74.4 cm³/mol. The van der Waals surface area contributed by atoms with Crippen molar-refractivity contribution >= 4 is 5.69 Å². The molecular formula is C14H8F2N4O3. The zero-order valence-electron chi connectivity index (χ0n) is 11.4. The Morgan fingerprint density at radius 1 is 1.17 bits per heavy atom. The Hall–Kier alpha value is -3.36.